The third-order valence-electron chi connectivity index (χ3n) is 3.75. The second-order valence-corrected chi connectivity index (χ2v) is 5.58. The molecule has 22 heavy (non-hydrogen) atoms. The number of benzene rings is 1. The molecule has 1 aliphatic heterocycles. The van der Waals surface area contributed by atoms with Crippen molar-refractivity contribution in [3.63, 3.8) is 0 Å². The van der Waals surface area contributed by atoms with E-state index in [1.54, 1.807) is 0 Å². The summed E-state index contributed by atoms with van der Waals surface area (Å²) in [7, 11) is 0. The van der Waals surface area contributed by atoms with Gasteiger partial charge in [-0.05, 0) is 18.9 Å². The highest BCUT2D eigenvalue weighted by Crippen LogP contribution is 2.26. The number of halogens is 1. The van der Waals surface area contributed by atoms with Crippen molar-refractivity contribution in [2.24, 2.45) is 5.73 Å². The molecular weight excluding hydrogens is 302 g/mol. The van der Waals surface area contributed by atoms with Gasteiger partial charge in [0.05, 0.1) is 12.5 Å². The normalized spacial score (nSPS) is 19.6. The standard InChI is InChI=1S/C16H23N3O2.ClH/c1-12(17)7-8-16(21)19-10-9-18-15(20)11-14(19)13-5-3-2-4-6-13;/h2-6,12,14H,7-11,17H2,1H3,(H,18,20);1H. The zero-order chi connectivity index (χ0) is 15.2. The third kappa shape index (κ3) is 5.00. The highest BCUT2D eigenvalue weighted by atomic mass is 35.5. The Morgan fingerprint density at radius 2 is 2.09 bits per heavy atom. The number of hydrogen-bond donors (Lipinski definition) is 2. The third-order valence-corrected chi connectivity index (χ3v) is 3.75. The number of carbonyl (C=O) groups is 2. The maximum atomic E-state index is 12.5. The summed E-state index contributed by atoms with van der Waals surface area (Å²) in [6.07, 6.45) is 1.40. The minimum Gasteiger partial charge on any atom is -0.354 e. The molecule has 3 N–H and O–H groups in total. The lowest BCUT2D eigenvalue weighted by atomic mass is 10.0. The molecule has 1 saturated heterocycles. The average Bonchev–Trinajstić information content (AvgIpc) is 2.67. The van der Waals surface area contributed by atoms with Crippen LogP contribution in [0.2, 0.25) is 0 Å². The van der Waals surface area contributed by atoms with Crippen LogP contribution in [0, 0.1) is 0 Å². The summed E-state index contributed by atoms with van der Waals surface area (Å²) in [6.45, 7) is 2.95. The first-order chi connectivity index (χ1) is 10.1. The van der Waals surface area contributed by atoms with Gasteiger partial charge in [-0.15, -0.1) is 12.4 Å². The van der Waals surface area contributed by atoms with Gasteiger partial charge in [0.15, 0.2) is 0 Å². The van der Waals surface area contributed by atoms with E-state index in [-0.39, 0.29) is 36.3 Å². The zero-order valence-corrected chi connectivity index (χ0v) is 13.6. The highest BCUT2D eigenvalue weighted by molar-refractivity contribution is 5.85. The van der Waals surface area contributed by atoms with Crippen LogP contribution in [-0.2, 0) is 9.59 Å². The smallest absolute Gasteiger partial charge is 0.223 e. The average molecular weight is 326 g/mol. The van der Waals surface area contributed by atoms with Crippen LogP contribution >= 0.6 is 12.4 Å². The van der Waals surface area contributed by atoms with E-state index in [0.29, 0.717) is 32.4 Å². The van der Waals surface area contributed by atoms with E-state index in [1.807, 2.05) is 42.2 Å². The number of amides is 2. The summed E-state index contributed by atoms with van der Waals surface area (Å²) >= 11 is 0. The Balaban J connectivity index is 0.00000242. The second kappa shape index (κ2) is 8.76. The first-order valence-corrected chi connectivity index (χ1v) is 7.44. The lowest BCUT2D eigenvalue weighted by molar-refractivity contribution is -0.134. The predicted molar refractivity (Wildman–Crippen MR) is 88.7 cm³/mol. The first kappa shape index (κ1) is 18.5. The van der Waals surface area contributed by atoms with Gasteiger partial charge in [-0.2, -0.15) is 0 Å². The number of nitrogens with zero attached hydrogens (tertiary/aromatic N) is 1. The fraction of sp³-hybridized carbons (Fsp3) is 0.500. The summed E-state index contributed by atoms with van der Waals surface area (Å²) in [5.41, 5.74) is 6.74. The van der Waals surface area contributed by atoms with E-state index < -0.39 is 0 Å². The van der Waals surface area contributed by atoms with E-state index in [2.05, 4.69) is 5.32 Å². The molecule has 0 aliphatic carbocycles. The van der Waals surface area contributed by atoms with Crippen molar-refractivity contribution in [1.29, 1.82) is 0 Å². The molecule has 2 amide bonds. The van der Waals surface area contributed by atoms with Gasteiger partial charge in [-0.3, -0.25) is 9.59 Å². The molecule has 2 unspecified atom stereocenters. The Hall–Kier alpha value is -1.59. The van der Waals surface area contributed by atoms with E-state index in [0.717, 1.165) is 5.56 Å². The van der Waals surface area contributed by atoms with Crippen LogP contribution < -0.4 is 11.1 Å². The van der Waals surface area contributed by atoms with E-state index >= 15 is 0 Å². The Morgan fingerprint density at radius 1 is 1.41 bits per heavy atom. The van der Waals surface area contributed by atoms with Gasteiger partial charge in [0.25, 0.3) is 0 Å². The minimum absolute atomic E-state index is 0. The summed E-state index contributed by atoms with van der Waals surface area (Å²) in [5, 5.41) is 2.84. The van der Waals surface area contributed by atoms with Crippen LogP contribution in [-0.4, -0.2) is 35.8 Å². The van der Waals surface area contributed by atoms with Gasteiger partial charge in [-0.25, -0.2) is 0 Å². The number of rotatable bonds is 4. The Bertz CT molecular complexity index is 493. The molecular formula is C16H24ClN3O2. The van der Waals surface area contributed by atoms with E-state index in [4.69, 9.17) is 5.73 Å². The minimum atomic E-state index is -0.186. The zero-order valence-electron chi connectivity index (χ0n) is 12.8. The molecule has 1 heterocycles. The summed E-state index contributed by atoms with van der Waals surface area (Å²) in [6, 6.07) is 9.56. The summed E-state index contributed by atoms with van der Waals surface area (Å²) in [4.78, 5) is 26.1. The van der Waals surface area contributed by atoms with E-state index in [1.165, 1.54) is 0 Å². The molecule has 122 valence electrons. The van der Waals surface area contributed by atoms with Crippen molar-refractivity contribution in [2.45, 2.75) is 38.3 Å². The van der Waals surface area contributed by atoms with Crippen molar-refractivity contribution in [3.8, 4) is 0 Å². The SMILES string of the molecule is CC(N)CCC(=O)N1CCNC(=O)CC1c1ccccc1.Cl. The number of nitrogens with one attached hydrogen (secondary N) is 1. The molecule has 1 aromatic rings. The number of hydrogen-bond acceptors (Lipinski definition) is 3. The lowest BCUT2D eigenvalue weighted by Gasteiger charge is -2.30. The van der Waals surface area contributed by atoms with Crippen molar-refractivity contribution < 1.29 is 9.59 Å². The lowest BCUT2D eigenvalue weighted by Crippen LogP contribution is -2.37. The van der Waals surface area contributed by atoms with Crippen LogP contribution in [0.5, 0.6) is 0 Å². The number of nitrogens with two attached hydrogens (primary N) is 1. The molecule has 2 atom stereocenters. The monoisotopic (exact) mass is 325 g/mol. The topological polar surface area (TPSA) is 75.4 Å². The van der Waals surface area contributed by atoms with Gasteiger partial charge < -0.3 is 16.0 Å². The van der Waals surface area contributed by atoms with Gasteiger partial charge in [0, 0.05) is 25.6 Å². The van der Waals surface area contributed by atoms with Gasteiger partial charge in [-0.1, -0.05) is 30.3 Å². The molecule has 5 nitrogen and oxygen atoms in total. The molecule has 2 rings (SSSR count). The maximum Gasteiger partial charge on any atom is 0.223 e. The Morgan fingerprint density at radius 3 is 2.73 bits per heavy atom. The van der Waals surface area contributed by atoms with Gasteiger partial charge >= 0.3 is 0 Å². The van der Waals surface area contributed by atoms with Crippen molar-refractivity contribution in [3.05, 3.63) is 35.9 Å². The quantitative estimate of drug-likeness (QED) is 0.883. The molecule has 6 heteroatoms. The predicted octanol–water partition coefficient (Wildman–Crippen LogP) is 1.63. The Labute approximate surface area is 137 Å². The summed E-state index contributed by atoms with van der Waals surface area (Å²) < 4.78 is 0. The van der Waals surface area contributed by atoms with Crippen LogP contribution in [0.1, 0.15) is 37.8 Å². The Kier molecular flexibility index (Phi) is 7.35. The molecule has 1 fully saturated rings. The van der Waals surface area contributed by atoms with Crippen molar-refractivity contribution in [2.75, 3.05) is 13.1 Å². The van der Waals surface area contributed by atoms with Crippen molar-refractivity contribution in [1.82, 2.24) is 10.2 Å². The van der Waals surface area contributed by atoms with Crippen LogP contribution in [0.3, 0.4) is 0 Å². The molecule has 0 aromatic heterocycles. The van der Waals surface area contributed by atoms with Gasteiger partial charge in [0.2, 0.25) is 11.8 Å². The second-order valence-electron chi connectivity index (χ2n) is 5.58. The maximum absolute atomic E-state index is 12.5. The van der Waals surface area contributed by atoms with Crippen LogP contribution in [0.25, 0.3) is 0 Å². The first-order valence-electron chi connectivity index (χ1n) is 7.44. The van der Waals surface area contributed by atoms with Gasteiger partial charge in [0.1, 0.15) is 0 Å². The molecule has 1 aromatic carbocycles. The fourth-order valence-electron chi connectivity index (χ4n) is 2.60. The van der Waals surface area contributed by atoms with Crippen molar-refractivity contribution >= 4 is 24.2 Å². The number of carbonyl (C=O) groups excluding carboxylic acids is 2. The van der Waals surface area contributed by atoms with E-state index in [9.17, 15) is 9.59 Å². The fourth-order valence-corrected chi connectivity index (χ4v) is 2.60. The highest BCUT2D eigenvalue weighted by Gasteiger charge is 2.29. The molecule has 0 saturated carbocycles. The molecule has 0 radical (unpaired) electrons. The molecule has 0 spiro atoms. The van der Waals surface area contributed by atoms with Crippen LogP contribution in [0.4, 0.5) is 0 Å². The van der Waals surface area contributed by atoms with Crippen LogP contribution in [0.15, 0.2) is 30.3 Å². The summed E-state index contributed by atoms with van der Waals surface area (Å²) in [5.74, 6) is 0.0593. The molecule has 0 bridgehead atoms. The molecule has 1 aliphatic rings. The largest absolute Gasteiger partial charge is 0.354 e.